The molecule has 1 aromatic carbocycles. The molecule has 3 aromatic rings. The smallest absolute Gasteiger partial charge is 0.388 e. The van der Waals surface area contributed by atoms with Crippen LogP contribution < -0.4 is 10.2 Å². The van der Waals surface area contributed by atoms with Gasteiger partial charge in [0.15, 0.2) is 0 Å². The van der Waals surface area contributed by atoms with E-state index >= 15 is 0 Å². The third-order valence-electron chi connectivity index (χ3n) is 5.79. The first kappa shape index (κ1) is 23.4. The number of nitriles is 1. The van der Waals surface area contributed by atoms with Crippen molar-refractivity contribution in [2.45, 2.75) is 38.6 Å². The molecule has 0 saturated carbocycles. The summed E-state index contributed by atoms with van der Waals surface area (Å²) < 4.78 is 38.0. The second-order valence-electron chi connectivity index (χ2n) is 8.16. The maximum Gasteiger partial charge on any atom is 0.433 e. The Bertz CT molecular complexity index is 1210. The number of aliphatic hydroxyl groups excluding tert-OH is 1. The van der Waals surface area contributed by atoms with E-state index in [1.54, 1.807) is 0 Å². The molecule has 1 unspecified atom stereocenters. The molecular weight excluding hydrogens is 445 g/mol. The van der Waals surface area contributed by atoms with Crippen molar-refractivity contribution < 1.29 is 18.3 Å². The highest BCUT2D eigenvalue weighted by Gasteiger charge is 2.32. The Labute approximate surface area is 194 Å². The third kappa shape index (κ3) is 5.10. The van der Waals surface area contributed by atoms with Gasteiger partial charge >= 0.3 is 6.18 Å². The fourth-order valence-corrected chi connectivity index (χ4v) is 3.98. The summed E-state index contributed by atoms with van der Waals surface area (Å²) >= 11 is 0. The minimum Gasteiger partial charge on any atom is -0.388 e. The van der Waals surface area contributed by atoms with Gasteiger partial charge in [-0.25, -0.2) is 9.97 Å². The van der Waals surface area contributed by atoms with Gasteiger partial charge in [0, 0.05) is 37.8 Å². The van der Waals surface area contributed by atoms with E-state index in [4.69, 9.17) is 0 Å². The average Bonchev–Trinajstić information content (AvgIpc) is 2.83. The average molecular weight is 468 g/mol. The SMILES string of the molecule is Cc1ccc(N2CCc3ncnc(NCCC(O)c4ccc(C(F)(F)F)nc4)c3C2)c(C#N)c1. The molecule has 0 radical (unpaired) electrons. The second-order valence-corrected chi connectivity index (χ2v) is 8.16. The van der Waals surface area contributed by atoms with Crippen molar-refractivity contribution in [3.8, 4) is 6.07 Å². The van der Waals surface area contributed by atoms with E-state index in [9.17, 15) is 23.5 Å². The molecule has 176 valence electrons. The fraction of sp³-hybridized carbons (Fsp3) is 0.333. The van der Waals surface area contributed by atoms with Crippen LogP contribution in [0.3, 0.4) is 0 Å². The monoisotopic (exact) mass is 468 g/mol. The topological polar surface area (TPSA) is 98.0 Å². The molecule has 0 fully saturated rings. The summed E-state index contributed by atoms with van der Waals surface area (Å²) in [7, 11) is 0. The van der Waals surface area contributed by atoms with E-state index in [0.29, 0.717) is 36.5 Å². The number of rotatable bonds is 6. The van der Waals surface area contributed by atoms with Crippen molar-refractivity contribution in [2.24, 2.45) is 0 Å². The summed E-state index contributed by atoms with van der Waals surface area (Å²) in [6, 6.07) is 10.1. The predicted octanol–water partition coefficient (Wildman–Crippen LogP) is 4.17. The van der Waals surface area contributed by atoms with Crippen LogP contribution >= 0.6 is 0 Å². The van der Waals surface area contributed by atoms with Crippen molar-refractivity contribution in [2.75, 3.05) is 23.3 Å². The van der Waals surface area contributed by atoms with Crippen LogP contribution in [0.2, 0.25) is 0 Å². The van der Waals surface area contributed by atoms with Crippen LogP contribution in [0.25, 0.3) is 0 Å². The number of alkyl halides is 3. The van der Waals surface area contributed by atoms with E-state index in [1.165, 1.54) is 12.4 Å². The van der Waals surface area contributed by atoms with E-state index in [1.807, 2.05) is 25.1 Å². The van der Waals surface area contributed by atoms with Crippen molar-refractivity contribution in [3.63, 3.8) is 0 Å². The van der Waals surface area contributed by atoms with Crippen LogP contribution in [0.5, 0.6) is 0 Å². The maximum atomic E-state index is 12.7. The van der Waals surface area contributed by atoms with E-state index in [0.717, 1.165) is 41.3 Å². The van der Waals surface area contributed by atoms with Crippen molar-refractivity contribution in [3.05, 3.63) is 76.5 Å². The number of hydrogen-bond donors (Lipinski definition) is 2. The van der Waals surface area contributed by atoms with Crippen LogP contribution in [-0.4, -0.2) is 33.1 Å². The molecule has 0 spiro atoms. The number of aromatic nitrogens is 3. The van der Waals surface area contributed by atoms with Gasteiger partial charge in [0.1, 0.15) is 23.9 Å². The van der Waals surface area contributed by atoms with Crippen LogP contribution in [-0.2, 0) is 19.1 Å². The molecule has 4 rings (SSSR count). The molecule has 0 saturated heterocycles. The lowest BCUT2D eigenvalue weighted by atomic mass is 10.0. The Balaban J connectivity index is 1.43. The Morgan fingerprint density at radius 1 is 1.21 bits per heavy atom. The molecule has 1 aliphatic heterocycles. The van der Waals surface area contributed by atoms with Gasteiger partial charge in [0.25, 0.3) is 0 Å². The summed E-state index contributed by atoms with van der Waals surface area (Å²) in [6.45, 7) is 3.54. The maximum absolute atomic E-state index is 12.7. The van der Waals surface area contributed by atoms with Crippen LogP contribution in [0, 0.1) is 18.3 Å². The number of nitrogens with zero attached hydrogens (tertiary/aromatic N) is 5. The van der Waals surface area contributed by atoms with E-state index in [-0.39, 0.29) is 6.42 Å². The number of halogens is 3. The van der Waals surface area contributed by atoms with E-state index in [2.05, 4.69) is 31.2 Å². The predicted molar refractivity (Wildman–Crippen MR) is 120 cm³/mol. The van der Waals surface area contributed by atoms with Gasteiger partial charge in [-0.05, 0) is 42.7 Å². The molecule has 0 aliphatic carbocycles. The Kier molecular flexibility index (Phi) is 6.65. The first-order valence-corrected chi connectivity index (χ1v) is 10.8. The first-order chi connectivity index (χ1) is 16.3. The van der Waals surface area contributed by atoms with Gasteiger partial charge < -0.3 is 15.3 Å². The normalized spacial score (nSPS) is 14.3. The van der Waals surface area contributed by atoms with Crippen molar-refractivity contribution in [1.82, 2.24) is 15.0 Å². The van der Waals surface area contributed by atoms with Crippen molar-refractivity contribution >= 4 is 11.5 Å². The molecule has 7 nitrogen and oxygen atoms in total. The molecule has 0 amide bonds. The zero-order valence-electron chi connectivity index (χ0n) is 18.5. The van der Waals surface area contributed by atoms with Crippen molar-refractivity contribution in [1.29, 1.82) is 5.26 Å². The number of pyridine rings is 1. The van der Waals surface area contributed by atoms with Gasteiger partial charge in [-0.15, -0.1) is 0 Å². The highest BCUT2D eigenvalue weighted by Crippen LogP contribution is 2.30. The molecule has 2 N–H and O–H groups in total. The molecular formula is C24H23F3N6O. The van der Waals surface area contributed by atoms with Crippen LogP contribution in [0.4, 0.5) is 24.7 Å². The Morgan fingerprint density at radius 2 is 2.03 bits per heavy atom. The second kappa shape index (κ2) is 9.65. The summed E-state index contributed by atoms with van der Waals surface area (Å²) in [4.78, 5) is 14.3. The number of anilines is 2. The highest BCUT2D eigenvalue weighted by atomic mass is 19.4. The first-order valence-electron chi connectivity index (χ1n) is 10.8. The molecule has 1 aliphatic rings. The molecule has 0 bridgehead atoms. The number of benzene rings is 1. The summed E-state index contributed by atoms with van der Waals surface area (Å²) in [5.74, 6) is 0.637. The zero-order chi connectivity index (χ0) is 24.3. The Morgan fingerprint density at radius 3 is 2.74 bits per heavy atom. The van der Waals surface area contributed by atoms with Gasteiger partial charge in [-0.3, -0.25) is 4.98 Å². The molecule has 1 atom stereocenters. The van der Waals surface area contributed by atoms with Crippen LogP contribution in [0.15, 0.2) is 42.9 Å². The summed E-state index contributed by atoms with van der Waals surface area (Å²) in [6.07, 6.45) is -2.00. The quantitative estimate of drug-likeness (QED) is 0.560. The highest BCUT2D eigenvalue weighted by molar-refractivity contribution is 5.62. The van der Waals surface area contributed by atoms with Gasteiger partial charge in [-0.1, -0.05) is 12.1 Å². The minimum atomic E-state index is -4.52. The molecule has 34 heavy (non-hydrogen) atoms. The number of aryl methyl sites for hydroxylation is 1. The van der Waals surface area contributed by atoms with E-state index < -0.39 is 18.0 Å². The minimum absolute atomic E-state index is 0.256. The molecule has 2 aromatic heterocycles. The number of hydrogen-bond acceptors (Lipinski definition) is 7. The summed E-state index contributed by atoms with van der Waals surface area (Å²) in [5, 5.41) is 23.1. The fourth-order valence-electron chi connectivity index (χ4n) is 3.98. The zero-order valence-corrected chi connectivity index (χ0v) is 18.5. The van der Waals surface area contributed by atoms with Gasteiger partial charge in [0.2, 0.25) is 0 Å². The lowest BCUT2D eigenvalue weighted by Gasteiger charge is -2.31. The third-order valence-corrected chi connectivity index (χ3v) is 5.79. The summed E-state index contributed by atoms with van der Waals surface area (Å²) in [5.41, 5.74) is 3.66. The number of fused-ring (bicyclic) bond motifs is 1. The molecule has 10 heteroatoms. The number of aliphatic hydroxyl groups is 1. The van der Waals surface area contributed by atoms with Gasteiger partial charge in [0.05, 0.1) is 23.0 Å². The van der Waals surface area contributed by atoms with Gasteiger partial charge in [-0.2, -0.15) is 18.4 Å². The molecule has 3 heterocycles. The lowest BCUT2D eigenvalue weighted by Crippen LogP contribution is -2.32. The largest absolute Gasteiger partial charge is 0.433 e. The number of nitrogens with one attached hydrogen (secondary N) is 1. The standard InChI is InChI=1S/C24H23F3N6O/c1-15-2-4-20(17(10-15)11-28)33-9-7-19-18(13-33)23(32-14-31-19)29-8-6-21(34)16-3-5-22(30-12-16)24(25,26)27/h2-5,10,12,14,21,34H,6-9,13H2,1H3,(H,29,31,32). The lowest BCUT2D eigenvalue weighted by molar-refractivity contribution is -0.141. The van der Waals surface area contributed by atoms with Crippen LogP contribution in [0.1, 0.15) is 46.2 Å². The Hall–Kier alpha value is -3.71.